The Labute approximate surface area is 64.5 Å². The quantitative estimate of drug-likeness (QED) is 0.601. The van der Waals surface area contributed by atoms with E-state index < -0.39 is 11.9 Å². The number of hydrogen-bond donors (Lipinski definition) is 1. The van der Waals surface area contributed by atoms with Gasteiger partial charge in [-0.2, -0.15) is 0 Å². The Kier molecular flexibility index (Phi) is 2.25. The molecule has 0 aliphatic carbocycles. The number of rotatable bonds is 1. The number of benzene rings is 1. The third kappa shape index (κ3) is 1.57. The van der Waals surface area contributed by atoms with Crippen molar-refractivity contribution < 1.29 is 9.50 Å². The molecule has 11 heavy (non-hydrogen) atoms. The molecule has 0 unspecified atom stereocenters. The highest BCUT2D eigenvalue weighted by Gasteiger charge is 2.07. The van der Waals surface area contributed by atoms with E-state index in [-0.39, 0.29) is 5.56 Å². The zero-order chi connectivity index (χ0) is 8.27. The van der Waals surface area contributed by atoms with Gasteiger partial charge in [0.15, 0.2) is 0 Å². The predicted molar refractivity (Wildman–Crippen MR) is 40.2 cm³/mol. The van der Waals surface area contributed by atoms with Gasteiger partial charge in [-0.05, 0) is 6.07 Å². The molecule has 0 heterocycles. The first-order chi connectivity index (χ1) is 5.25. The van der Waals surface area contributed by atoms with E-state index in [4.69, 9.17) is 11.5 Å². The van der Waals surface area contributed by atoms with Crippen LogP contribution in [0, 0.1) is 18.2 Å². The van der Waals surface area contributed by atoms with Gasteiger partial charge in [0.25, 0.3) is 0 Å². The second-order valence-corrected chi connectivity index (χ2v) is 2.09. The van der Waals surface area contributed by atoms with E-state index in [0.29, 0.717) is 0 Å². The summed E-state index contributed by atoms with van der Waals surface area (Å²) in [6, 6.07) is 5.89. The highest BCUT2D eigenvalue weighted by molar-refractivity contribution is 5.24. The fourth-order valence-corrected chi connectivity index (χ4v) is 0.787. The molecule has 0 aliphatic heterocycles. The molecule has 0 fully saturated rings. The molecule has 0 spiro atoms. The van der Waals surface area contributed by atoms with Crippen molar-refractivity contribution in [2.24, 2.45) is 0 Å². The number of aliphatic hydroxyl groups is 1. The van der Waals surface area contributed by atoms with Crippen LogP contribution in [0.3, 0.4) is 0 Å². The van der Waals surface area contributed by atoms with E-state index in [2.05, 4.69) is 0 Å². The lowest BCUT2D eigenvalue weighted by Gasteiger charge is -2.03. The van der Waals surface area contributed by atoms with E-state index in [0.717, 1.165) is 0 Å². The van der Waals surface area contributed by atoms with Gasteiger partial charge < -0.3 is 5.11 Å². The number of terminal acetylenes is 1. The molecule has 1 N–H and O–H groups in total. The van der Waals surface area contributed by atoms with Gasteiger partial charge in [0.1, 0.15) is 11.9 Å². The summed E-state index contributed by atoms with van der Waals surface area (Å²) in [7, 11) is 0. The van der Waals surface area contributed by atoms with Crippen LogP contribution in [0.1, 0.15) is 11.7 Å². The summed E-state index contributed by atoms with van der Waals surface area (Å²) in [5.41, 5.74) is 0.148. The minimum atomic E-state index is -1.14. The molecular formula is C9H7FO. The lowest BCUT2D eigenvalue weighted by Crippen LogP contribution is -1.96. The normalized spacial score (nSPS) is 12.1. The lowest BCUT2D eigenvalue weighted by atomic mass is 10.1. The molecule has 1 aromatic carbocycles. The molecular weight excluding hydrogens is 143 g/mol. The highest BCUT2D eigenvalue weighted by Crippen LogP contribution is 2.14. The van der Waals surface area contributed by atoms with Crippen LogP contribution in [0.25, 0.3) is 0 Å². The van der Waals surface area contributed by atoms with Crippen LogP contribution < -0.4 is 0 Å². The van der Waals surface area contributed by atoms with Gasteiger partial charge in [-0.1, -0.05) is 24.1 Å². The Bertz CT molecular complexity index is 288. The number of aliphatic hydroxyl groups excluding tert-OH is 1. The summed E-state index contributed by atoms with van der Waals surface area (Å²) in [5, 5.41) is 9.03. The molecule has 0 radical (unpaired) electrons. The molecule has 1 rings (SSSR count). The SMILES string of the molecule is C#C[C@H](O)c1ccccc1F. The van der Waals surface area contributed by atoms with Gasteiger partial charge in [-0.15, -0.1) is 6.42 Å². The van der Waals surface area contributed by atoms with Crippen LogP contribution in [0.4, 0.5) is 4.39 Å². The van der Waals surface area contributed by atoms with Gasteiger partial charge in [-0.3, -0.25) is 0 Å². The van der Waals surface area contributed by atoms with Crippen molar-refractivity contribution in [3.8, 4) is 12.3 Å². The maximum atomic E-state index is 12.8. The second-order valence-electron chi connectivity index (χ2n) is 2.09. The topological polar surface area (TPSA) is 20.2 Å². The molecule has 56 valence electrons. The molecule has 0 saturated heterocycles. The minimum Gasteiger partial charge on any atom is -0.376 e. The average molecular weight is 150 g/mol. The van der Waals surface area contributed by atoms with Gasteiger partial charge in [0.2, 0.25) is 0 Å². The largest absolute Gasteiger partial charge is 0.376 e. The Morgan fingerprint density at radius 1 is 1.45 bits per heavy atom. The van der Waals surface area contributed by atoms with Gasteiger partial charge >= 0.3 is 0 Å². The molecule has 1 nitrogen and oxygen atoms in total. The van der Waals surface area contributed by atoms with Crippen LogP contribution in [0.5, 0.6) is 0 Å². The third-order valence-corrected chi connectivity index (χ3v) is 1.36. The van der Waals surface area contributed by atoms with Gasteiger partial charge in [0, 0.05) is 5.56 Å². The third-order valence-electron chi connectivity index (χ3n) is 1.36. The van der Waals surface area contributed by atoms with Crippen molar-refractivity contribution in [1.82, 2.24) is 0 Å². The summed E-state index contributed by atoms with van der Waals surface area (Å²) >= 11 is 0. The summed E-state index contributed by atoms with van der Waals surface area (Å²) in [6.07, 6.45) is 3.76. The smallest absolute Gasteiger partial charge is 0.142 e. The van der Waals surface area contributed by atoms with Gasteiger partial charge in [0.05, 0.1) is 0 Å². The lowest BCUT2D eigenvalue weighted by molar-refractivity contribution is 0.233. The highest BCUT2D eigenvalue weighted by atomic mass is 19.1. The number of hydrogen-bond acceptors (Lipinski definition) is 1. The average Bonchev–Trinajstić information content (AvgIpc) is 2.04. The maximum Gasteiger partial charge on any atom is 0.142 e. The first-order valence-corrected chi connectivity index (χ1v) is 3.14. The van der Waals surface area contributed by atoms with Crippen molar-refractivity contribution in [1.29, 1.82) is 0 Å². The fourth-order valence-electron chi connectivity index (χ4n) is 0.787. The van der Waals surface area contributed by atoms with E-state index in [9.17, 15) is 4.39 Å². The first kappa shape index (κ1) is 7.77. The summed E-state index contributed by atoms with van der Waals surface area (Å²) in [5.74, 6) is 1.56. The molecule has 0 aliphatic rings. The van der Waals surface area contributed by atoms with Crippen LogP contribution in [-0.2, 0) is 0 Å². The summed E-state index contributed by atoms with van der Waals surface area (Å²) in [4.78, 5) is 0. The molecule has 2 heteroatoms. The van der Waals surface area contributed by atoms with Crippen LogP contribution in [0.15, 0.2) is 24.3 Å². The van der Waals surface area contributed by atoms with E-state index in [1.165, 1.54) is 12.1 Å². The van der Waals surface area contributed by atoms with Gasteiger partial charge in [-0.25, -0.2) is 4.39 Å². The maximum absolute atomic E-state index is 12.8. The summed E-state index contributed by atoms with van der Waals surface area (Å²) in [6.45, 7) is 0. The van der Waals surface area contributed by atoms with E-state index in [1.54, 1.807) is 12.1 Å². The molecule has 0 aromatic heterocycles. The Morgan fingerprint density at radius 2 is 2.09 bits per heavy atom. The van der Waals surface area contributed by atoms with Crippen molar-refractivity contribution in [3.63, 3.8) is 0 Å². The Balaban J connectivity index is 3.05. The molecule has 1 atom stereocenters. The monoisotopic (exact) mass is 150 g/mol. The fraction of sp³-hybridized carbons (Fsp3) is 0.111. The Hall–Kier alpha value is -1.33. The zero-order valence-electron chi connectivity index (χ0n) is 5.79. The standard InChI is InChI=1S/C9H7FO/c1-2-9(11)7-5-3-4-6-8(7)10/h1,3-6,9,11H/t9-/m0/s1. The van der Waals surface area contributed by atoms with Crippen molar-refractivity contribution in [3.05, 3.63) is 35.6 Å². The van der Waals surface area contributed by atoms with Crippen LogP contribution >= 0.6 is 0 Å². The Morgan fingerprint density at radius 3 is 2.64 bits per heavy atom. The first-order valence-electron chi connectivity index (χ1n) is 3.14. The van der Waals surface area contributed by atoms with E-state index in [1.807, 2.05) is 5.92 Å². The predicted octanol–water partition coefficient (Wildman–Crippen LogP) is 1.49. The van der Waals surface area contributed by atoms with Crippen molar-refractivity contribution >= 4 is 0 Å². The second kappa shape index (κ2) is 3.18. The molecule has 1 aromatic rings. The molecule has 0 saturated carbocycles. The van der Waals surface area contributed by atoms with Crippen molar-refractivity contribution in [2.45, 2.75) is 6.10 Å². The number of halogens is 1. The van der Waals surface area contributed by atoms with Crippen molar-refractivity contribution in [2.75, 3.05) is 0 Å². The van der Waals surface area contributed by atoms with Crippen LogP contribution in [0.2, 0.25) is 0 Å². The minimum absolute atomic E-state index is 0.148. The molecule has 0 bridgehead atoms. The zero-order valence-corrected chi connectivity index (χ0v) is 5.79. The van der Waals surface area contributed by atoms with Crippen LogP contribution in [-0.4, -0.2) is 5.11 Å². The summed E-state index contributed by atoms with van der Waals surface area (Å²) < 4.78 is 12.8. The van der Waals surface area contributed by atoms with E-state index >= 15 is 0 Å². The molecule has 0 amide bonds.